The predicted octanol–water partition coefficient (Wildman–Crippen LogP) is 3.40. The fourth-order valence-corrected chi connectivity index (χ4v) is 5.06. The number of ether oxygens (including phenoxy) is 3. The number of carbonyl (C=O) groups is 3. The van der Waals surface area contributed by atoms with E-state index in [2.05, 4.69) is 10.2 Å². The van der Waals surface area contributed by atoms with Crippen LogP contribution in [0.2, 0.25) is 0 Å². The third kappa shape index (κ3) is 6.29. The number of halogens is 1. The van der Waals surface area contributed by atoms with Crippen molar-refractivity contribution < 1.29 is 33.0 Å². The first kappa shape index (κ1) is 26.0. The minimum absolute atomic E-state index is 0.0721. The second-order valence-corrected chi connectivity index (χ2v) is 9.33. The number of anilines is 1. The van der Waals surface area contributed by atoms with Crippen molar-refractivity contribution in [1.29, 1.82) is 0 Å². The van der Waals surface area contributed by atoms with E-state index >= 15 is 0 Å². The SMILES string of the molecule is COc1c(C)c2c(c(NC(=O)CF)c1CC=C(C)CCC(=O)OCCN1CCSC1)C(=O)OC2. The molecule has 1 fully saturated rings. The van der Waals surface area contributed by atoms with E-state index < -0.39 is 18.6 Å². The lowest BCUT2D eigenvalue weighted by molar-refractivity contribution is -0.143. The Morgan fingerprint density at radius 3 is 2.79 bits per heavy atom. The van der Waals surface area contributed by atoms with Crippen LogP contribution in [0.25, 0.3) is 0 Å². The van der Waals surface area contributed by atoms with Crippen LogP contribution in [0.1, 0.15) is 46.8 Å². The van der Waals surface area contributed by atoms with Crippen LogP contribution in [0.15, 0.2) is 11.6 Å². The van der Waals surface area contributed by atoms with Gasteiger partial charge in [-0.2, -0.15) is 0 Å². The maximum absolute atomic E-state index is 13.0. The number of amides is 1. The third-order valence-electron chi connectivity index (χ3n) is 5.94. The summed E-state index contributed by atoms with van der Waals surface area (Å²) >= 11 is 1.88. The molecule has 1 aromatic carbocycles. The maximum Gasteiger partial charge on any atom is 0.341 e. The molecule has 1 amide bonds. The number of thioether (sulfide) groups is 1. The Morgan fingerprint density at radius 1 is 1.32 bits per heavy atom. The number of rotatable bonds is 11. The Bertz CT molecular complexity index is 975. The highest BCUT2D eigenvalue weighted by atomic mass is 32.2. The molecule has 34 heavy (non-hydrogen) atoms. The van der Waals surface area contributed by atoms with Gasteiger partial charge in [0.15, 0.2) is 6.67 Å². The van der Waals surface area contributed by atoms with E-state index in [1.54, 1.807) is 0 Å². The van der Waals surface area contributed by atoms with Crippen LogP contribution in [-0.2, 0) is 32.1 Å². The van der Waals surface area contributed by atoms with Crippen LogP contribution < -0.4 is 10.1 Å². The highest BCUT2D eigenvalue weighted by Gasteiger charge is 2.32. The molecule has 0 atom stereocenters. The van der Waals surface area contributed by atoms with Gasteiger partial charge < -0.3 is 19.5 Å². The third-order valence-corrected chi connectivity index (χ3v) is 6.96. The number of methoxy groups -OCH3 is 1. The maximum atomic E-state index is 13.0. The molecule has 1 saturated heterocycles. The van der Waals surface area contributed by atoms with Gasteiger partial charge in [0, 0.05) is 42.3 Å². The van der Waals surface area contributed by atoms with Gasteiger partial charge in [0.2, 0.25) is 0 Å². The molecule has 8 nitrogen and oxygen atoms in total. The lowest BCUT2D eigenvalue weighted by Crippen LogP contribution is -2.25. The zero-order valence-corrected chi connectivity index (χ0v) is 20.6. The van der Waals surface area contributed by atoms with E-state index in [-0.39, 0.29) is 30.2 Å². The summed E-state index contributed by atoms with van der Waals surface area (Å²) in [5.41, 5.74) is 3.31. The number of carbonyl (C=O) groups excluding carboxylic acids is 3. The number of cyclic esters (lactones) is 1. The van der Waals surface area contributed by atoms with Gasteiger partial charge in [0.05, 0.1) is 18.4 Å². The molecule has 0 radical (unpaired) electrons. The second kappa shape index (κ2) is 12.2. The minimum Gasteiger partial charge on any atom is -0.496 e. The Morgan fingerprint density at radius 2 is 2.12 bits per heavy atom. The minimum atomic E-state index is -1.22. The largest absolute Gasteiger partial charge is 0.496 e. The molecule has 2 heterocycles. The number of hydrogen-bond donors (Lipinski definition) is 1. The molecule has 0 bridgehead atoms. The van der Waals surface area contributed by atoms with Gasteiger partial charge in [-0.25, -0.2) is 9.18 Å². The van der Waals surface area contributed by atoms with E-state index in [9.17, 15) is 18.8 Å². The van der Waals surface area contributed by atoms with Crippen LogP contribution in [0.4, 0.5) is 10.1 Å². The standard InChI is InChI=1S/C24H31FN2O6S/c1-15(5-7-20(29)32-10-8-27-9-11-34-14-27)4-6-17-22(26-19(28)12-25)21-18(13-33-24(21)30)16(2)23(17)31-3/h4H,5-14H2,1-3H3,(H,26,28). The number of hydrogen-bond acceptors (Lipinski definition) is 8. The van der Waals surface area contributed by atoms with E-state index in [4.69, 9.17) is 14.2 Å². The predicted molar refractivity (Wildman–Crippen MR) is 128 cm³/mol. The smallest absolute Gasteiger partial charge is 0.341 e. The zero-order chi connectivity index (χ0) is 24.7. The lowest BCUT2D eigenvalue weighted by Gasteiger charge is -2.19. The number of alkyl halides is 1. The Balaban J connectivity index is 1.69. The van der Waals surface area contributed by atoms with Crippen molar-refractivity contribution in [3.8, 4) is 5.75 Å². The van der Waals surface area contributed by atoms with Crippen LogP contribution in [0, 0.1) is 6.92 Å². The number of benzene rings is 1. The van der Waals surface area contributed by atoms with Gasteiger partial charge in [-0.05, 0) is 32.3 Å². The van der Waals surface area contributed by atoms with Crippen LogP contribution in [0.3, 0.4) is 0 Å². The molecular weight excluding hydrogens is 463 g/mol. The quantitative estimate of drug-likeness (QED) is 0.370. The molecule has 10 heteroatoms. The molecule has 2 aliphatic rings. The topological polar surface area (TPSA) is 94.2 Å². The normalized spacial score (nSPS) is 15.8. The first-order valence-electron chi connectivity index (χ1n) is 11.2. The number of fused-ring (bicyclic) bond motifs is 1. The number of nitrogens with zero attached hydrogens (tertiary/aromatic N) is 1. The van der Waals surface area contributed by atoms with E-state index in [1.807, 2.05) is 31.7 Å². The molecule has 0 aliphatic carbocycles. The highest BCUT2D eigenvalue weighted by molar-refractivity contribution is 7.99. The van der Waals surface area contributed by atoms with Crippen molar-refractivity contribution in [2.75, 3.05) is 50.4 Å². The molecule has 2 aliphatic heterocycles. The Labute approximate surface area is 203 Å². The van der Waals surface area contributed by atoms with Crippen molar-refractivity contribution >= 4 is 35.3 Å². The van der Waals surface area contributed by atoms with Crippen molar-refractivity contribution in [3.63, 3.8) is 0 Å². The molecule has 0 aromatic heterocycles. The molecule has 0 spiro atoms. The summed E-state index contributed by atoms with van der Waals surface area (Å²) in [6, 6.07) is 0. The van der Waals surface area contributed by atoms with E-state index in [1.165, 1.54) is 7.11 Å². The van der Waals surface area contributed by atoms with Crippen molar-refractivity contribution in [1.82, 2.24) is 4.90 Å². The summed E-state index contributed by atoms with van der Waals surface area (Å²) in [5.74, 6) is 0.944. The zero-order valence-electron chi connectivity index (χ0n) is 19.8. The Hall–Kier alpha value is -2.59. The Kier molecular flexibility index (Phi) is 9.35. The van der Waals surface area contributed by atoms with Gasteiger partial charge in [-0.3, -0.25) is 14.5 Å². The average Bonchev–Trinajstić information content (AvgIpc) is 3.48. The van der Waals surface area contributed by atoms with Crippen LogP contribution >= 0.6 is 11.8 Å². The summed E-state index contributed by atoms with van der Waals surface area (Å²) in [4.78, 5) is 38.6. The molecule has 0 unspecified atom stereocenters. The van der Waals surface area contributed by atoms with Crippen LogP contribution in [0.5, 0.6) is 5.75 Å². The van der Waals surface area contributed by atoms with Crippen LogP contribution in [-0.4, -0.2) is 67.9 Å². The van der Waals surface area contributed by atoms with Crippen molar-refractivity contribution in [2.45, 2.75) is 39.7 Å². The summed E-state index contributed by atoms with van der Waals surface area (Å²) in [7, 11) is 1.50. The number of allylic oxidation sites excluding steroid dienone is 2. The molecular formula is C24H31FN2O6S. The first-order valence-corrected chi connectivity index (χ1v) is 12.4. The highest BCUT2D eigenvalue weighted by Crippen LogP contribution is 2.41. The second-order valence-electron chi connectivity index (χ2n) is 8.25. The lowest BCUT2D eigenvalue weighted by atomic mass is 9.93. The molecule has 186 valence electrons. The van der Waals surface area contributed by atoms with Gasteiger partial charge >= 0.3 is 11.9 Å². The summed E-state index contributed by atoms with van der Waals surface area (Å²) in [6.45, 7) is 4.74. The van der Waals surface area contributed by atoms with Gasteiger partial charge in [0.25, 0.3) is 5.91 Å². The van der Waals surface area contributed by atoms with Crippen molar-refractivity contribution in [3.05, 3.63) is 33.9 Å². The summed E-state index contributed by atoms with van der Waals surface area (Å²) in [6.07, 6.45) is 3.00. The first-order chi connectivity index (χ1) is 16.3. The molecule has 1 aromatic rings. The summed E-state index contributed by atoms with van der Waals surface area (Å²) in [5, 5.41) is 2.51. The molecule has 0 saturated carbocycles. The fourth-order valence-electron chi connectivity index (χ4n) is 4.03. The monoisotopic (exact) mass is 494 g/mol. The van der Waals surface area contributed by atoms with E-state index in [0.717, 1.165) is 35.9 Å². The van der Waals surface area contributed by atoms with Crippen molar-refractivity contribution in [2.24, 2.45) is 0 Å². The summed E-state index contributed by atoms with van der Waals surface area (Å²) < 4.78 is 29.0. The van der Waals surface area contributed by atoms with Gasteiger partial charge in [-0.1, -0.05) is 11.6 Å². The van der Waals surface area contributed by atoms with Gasteiger partial charge in [-0.15, -0.1) is 11.8 Å². The fraction of sp³-hybridized carbons (Fsp3) is 0.542. The average molecular weight is 495 g/mol. The number of nitrogens with one attached hydrogen (secondary N) is 1. The van der Waals surface area contributed by atoms with E-state index in [0.29, 0.717) is 36.3 Å². The molecule has 3 rings (SSSR count). The van der Waals surface area contributed by atoms with Gasteiger partial charge in [0.1, 0.15) is 19.0 Å². The molecule has 1 N–H and O–H groups in total. The number of esters is 2.